The Bertz CT molecular complexity index is 880. The number of methoxy groups -OCH3 is 2. The summed E-state index contributed by atoms with van der Waals surface area (Å²) in [5.74, 6) is -0.375. The minimum Gasteiger partial charge on any atom is -0.497 e. The summed E-state index contributed by atoms with van der Waals surface area (Å²) in [6.45, 7) is 0.988. The van der Waals surface area contributed by atoms with Crippen molar-refractivity contribution < 1.29 is 28.7 Å². The number of nitrogens with one attached hydrogen (secondary N) is 1. The first-order valence-corrected chi connectivity index (χ1v) is 7.79. The summed E-state index contributed by atoms with van der Waals surface area (Å²) in [6, 6.07) is 8.67. The fraction of sp³-hybridized carbons (Fsp3) is 0.222. The van der Waals surface area contributed by atoms with Crippen LogP contribution >= 0.6 is 0 Å². The highest BCUT2D eigenvalue weighted by atomic mass is 16.6. The molecule has 0 heterocycles. The lowest BCUT2D eigenvalue weighted by Crippen LogP contribution is -2.21. The highest BCUT2D eigenvalue weighted by Gasteiger charge is 2.16. The molecule has 0 radical (unpaired) electrons. The average molecular weight is 374 g/mol. The molecule has 9 heteroatoms. The van der Waals surface area contributed by atoms with Crippen molar-refractivity contribution in [3.63, 3.8) is 0 Å². The summed E-state index contributed by atoms with van der Waals surface area (Å²) in [4.78, 5) is 34.3. The van der Waals surface area contributed by atoms with Crippen LogP contribution in [0.25, 0.3) is 0 Å². The monoisotopic (exact) mass is 374 g/mol. The number of nitro benzene ring substituents is 1. The largest absolute Gasteiger partial charge is 0.497 e. The number of hydrogen-bond donors (Lipinski definition) is 1. The number of rotatable bonds is 7. The van der Waals surface area contributed by atoms with Crippen molar-refractivity contribution in [3.05, 3.63) is 57.6 Å². The predicted octanol–water partition coefficient (Wildman–Crippen LogP) is 2.72. The standard InChI is InChI=1S/C18H18N2O7/c1-11-8-12(4-7-15(11)20(23)24)18(22)27-10-17(21)19-14-6-5-13(25-2)9-16(14)26-3/h4-9H,10H2,1-3H3,(H,19,21). The highest BCUT2D eigenvalue weighted by Crippen LogP contribution is 2.29. The lowest BCUT2D eigenvalue weighted by Gasteiger charge is -2.12. The maximum Gasteiger partial charge on any atom is 0.338 e. The summed E-state index contributed by atoms with van der Waals surface area (Å²) >= 11 is 0. The van der Waals surface area contributed by atoms with E-state index in [1.54, 1.807) is 18.2 Å². The van der Waals surface area contributed by atoms with Gasteiger partial charge in [0.25, 0.3) is 11.6 Å². The Morgan fingerprint density at radius 2 is 1.85 bits per heavy atom. The number of carbonyl (C=O) groups is 2. The quantitative estimate of drug-likeness (QED) is 0.450. The number of benzene rings is 2. The third kappa shape index (κ3) is 4.94. The van der Waals surface area contributed by atoms with Crippen molar-refractivity contribution >= 4 is 23.3 Å². The van der Waals surface area contributed by atoms with Crippen LogP contribution in [-0.4, -0.2) is 37.6 Å². The Hall–Kier alpha value is -3.62. The normalized spacial score (nSPS) is 10.0. The Labute approximate surface area is 155 Å². The number of esters is 1. The zero-order valence-corrected chi connectivity index (χ0v) is 15.0. The molecule has 0 bridgehead atoms. The predicted molar refractivity (Wildman–Crippen MR) is 96.3 cm³/mol. The Kier molecular flexibility index (Phi) is 6.32. The summed E-state index contributed by atoms with van der Waals surface area (Å²) in [5.41, 5.74) is 0.733. The fourth-order valence-electron chi connectivity index (χ4n) is 2.29. The molecule has 0 aromatic heterocycles. The maximum atomic E-state index is 12.0. The van der Waals surface area contributed by atoms with Crippen molar-refractivity contribution in [2.45, 2.75) is 6.92 Å². The fourth-order valence-corrected chi connectivity index (χ4v) is 2.29. The minimum absolute atomic E-state index is 0.101. The van der Waals surface area contributed by atoms with Crippen LogP contribution < -0.4 is 14.8 Å². The van der Waals surface area contributed by atoms with Crippen molar-refractivity contribution in [1.82, 2.24) is 0 Å². The molecule has 0 spiro atoms. The van der Waals surface area contributed by atoms with Gasteiger partial charge in [-0.2, -0.15) is 0 Å². The summed E-state index contributed by atoms with van der Waals surface area (Å²) in [7, 11) is 2.95. The topological polar surface area (TPSA) is 117 Å². The third-order valence-electron chi connectivity index (χ3n) is 3.65. The molecule has 142 valence electrons. The number of amides is 1. The van der Waals surface area contributed by atoms with Crippen LogP contribution in [0, 0.1) is 17.0 Å². The molecule has 1 amide bonds. The molecular formula is C18H18N2O7. The highest BCUT2D eigenvalue weighted by molar-refractivity contribution is 5.96. The van der Waals surface area contributed by atoms with Crippen LogP contribution in [0.3, 0.4) is 0 Å². The van der Waals surface area contributed by atoms with E-state index in [1.165, 1.54) is 39.3 Å². The van der Waals surface area contributed by atoms with E-state index in [0.717, 1.165) is 0 Å². The van der Waals surface area contributed by atoms with Crippen LogP contribution in [0.2, 0.25) is 0 Å². The number of aryl methyl sites for hydroxylation is 1. The van der Waals surface area contributed by atoms with Crippen molar-refractivity contribution in [2.24, 2.45) is 0 Å². The molecule has 0 aliphatic heterocycles. The SMILES string of the molecule is COc1ccc(NC(=O)COC(=O)c2ccc([N+](=O)[O-])c(C)c2)c(OC)c1. The number of anilines is 1. The molecule has 2 aromatic carbocycles. The smallest absolute Gasteiger partial charge is 0.338 e. The van der Waals surface area contributed by atoms with Gasteiger partial charge < -0.3 is 19.5 Å². The summed E-state index contributed by atoms with van der Waals surface area (Å²) < 4.78 is 15.2. The second-order valence-electron chi connectivity index (χ2n) is 5.45. The van der Waals surface area contributed by atoms with E-state index in [0.29, 0.717) is 22.7 Å². The van der Waals surface area contributed by atoms with E-state index in [-0.39, 0.29) is 11.3 Å². The number of carbonyl (C=O) groups excluding carboxylic acids is 2. The first-order chi connectivity index (χ1) is 12.8. The molecule has 0 atom stereocenters. The number of nitrogens with zero attached hydrogens (tertiary/aromatic N) is 1. The van der Waals surface area contributed by atoms with Crippen LogP contribution in [0.1, 0.15) is 15.9 Å². The second-order valence-corrected chi connectivity index (χ2v) is 5.45. The van der Waals surface area contributed by atoms with E-state index >= 15 is 0 Å². The molecular weight excluding hydrogens is 356 g/mol. The zero-order chi connectivity index (χ0) is 20.0. The molecule has 0 unspecified atom stereocenters. The molecule has 0 fully saturated rings. The van der Waals surface area contributed by atoms with E-state index in [2.05, 4.69) is 5.32 Å². The number of nitro groups is 1. The van der Waals surface area contributed by atoms with Gasteiger partial charge in [0.15, 0.2) is 6.61 Å². The zero-order valence-electron chi connectivity index (χ0n) is 15.0. The lowest BCUT2D eigenvalue weighted by molar-refractivity contribution is -0.385. The van der Waals surface area contributed by atoms with Crippen molar-refractivity contribution in [2.75, 3.05) is 26.1 Å². The molecule has 0 saturated carbocycles. The number of hydrogen-bond acceptors (Lipinski definition) is 7. The molecule has 2 rings (SSSR count). The molecule has 2 aromatic rings. The van der Waals surface area contributed by atoms with Crippen LogP contribution in [0.4, 0.5) is 11.4 Å². The molecule has 0 saturated heterocycles. The first-order valence-electron chi connectivity index (χ1n) is 7.79. The van der Waals surface area contributed by atoms with Crippen molar-refractivity contribution in [3.8, 4) is 11.5 Å². The van der Waals surface area contributed by atoms with E-state index < -0.39 is 23.4 Å². The van der Waals surface area contributed by atoms with Gasteiger partial charge in [-0.15, -0.1) is 0 Å². The summed E-state index contributed by atoms with van der Waals surface area (Å²) in [6.07, 6.45) is 0. The van der Waals surface area contributed by atoms with Gasteiger partial charge in [-0.1, -0.05) is 0 Å². The van der Waals surface area contributed by atoms with Gasteiger partial charge in [0.2, 0.25) is 0 Å². The van der Waals surface area contributed by atoms with E-state index in [1.807, 2.05) is 0 Å². The third-order valence-corrected chi connectivity index (χ3v) is 3.65. The molecule has 1 N–H and O–H groups in total. The van der Waals surface area contributed by atoms with Crippen LogP contribution in [0.15, 0.2) is 36.4 Å². The van der Waals surface area contributed by atoms with E-state index in [4.69, 9.17) is 14.2 Å². The molecule has 9 nitrogen and oxygen atoms in total. The Balaban J connectivity index is 1.98. The van der Waals surface area contributed by atoms with Gasteiger partial charge in [0.05, 0.1) is 30.4 Å². The Morgan fingerprint density at radius 1 is 1.11 bits per heavy atom. The summed E-state index contributed by atoms with van der Waals surface area (Å²) in [5, 5.41) is 13.4. The van der Waals surface area contributed by atoms with Gasteiger partial charge >= 0.3 is 5.97 Å². The number of ether oxygens (including phenoxy) is 3. The van der Waals surface area contributed by atoms with Gasteiger partial charge in [-0.3, -0.25) is 14.9 Å². The molecule has 27 heavy (non-hydrogen) atoms. The van der Waals surface area contributed by atoms with Crippen molar-refractivity contribution in [1.29, 1.82) is 0 Å². The molecule has 0 aliphatic carbocycles. The van der Waals surface area contributed by atoms with Gasteiger partial charge in [0.1, 0.15) is 11.5 Å². The molecule has 0 aliphatic rings. The lowest BCUT2D eigenvalue weighted by atomic mass is 10.1. The Morgan fingerprint density at radius 3 is 2.44 bits per heavy atom. The minimum atomic E-state index is -0.759. The van der Waals surface area contributed by atoms with Gasteiger partial charge in [0, 0.05) is 17.7 Å². The van der Waals surface area contributed by atoms with Gasteiger partial charge in [-0.25, -0.2) is 4.79 Å². The first kappa shape index (κ1) is 19.7. The average Bonchev–Trinajstić information content (AvgIpc) is 2.65. The second kappa shape index (κ2) is 8.65. The van der Waals surface area contributed by atoms with E-state index in [9.17, 15) is 19.7 Å². The van der Waals surface area contributed by atoms with Gasteiger partial charge in [-0.05, 0) is 31.2 Å². The van der Waals surface area contributed by atoms with Crippen LogP contribution in [-0.2, 0) is 9.53 Å². The van der Waals surface area contributed by atoms with Crippen LogP contribution in [0.5, 0.6) is 11.5 Å². The maximum absolute atomic E-state index is 12.0.